The molecular formula is C21H36O4Si2. The highest BCUT2D eigenvalue weighted by molar-refractivity contribution is 6.75. The molecule has 0 spiro atoms. The molecule has 6 heteroatoms. The predicted molar refractivity (Wildman–Crippen MR) is 117 cm³/mol. The second kappa shape index (κ2) is 7.91. The lowest BCUT2D eigenvalue weighted by atomic mass is 10.1. The third kappa shape index (κ3) is 6.04. The summed E-state index contributed by atoms with van der Waals surface area (Å²) in [6, 6.07) is 5.60. The molecule has 0 unspecified atom stereocenters. The van der Waals surface area contributed by atoms with Crippen LogP contribution in [0.2, 0.25) is 36.3 Å². The highest BCUT2D eigenvalue weighted by Gasteiger charge is 2.42. The van der Waals surface area contributed by atoms with Crippen molar-refractivity contribution in [2.24, 2.45) is 0 Å². The number of rotatable bonds is 7. The van der Waals surface area contributed by atoms with Crippen LogP contribution in [0.1, 0.15) is 47.1 Å². The van der Waals surface area contributed by atoms with E-state index >= 15 is 0 Å². The minimum absolute atomic E-state index is 0.0376. The first-order valence-corrected chi connectivity index (χ1v) is 15.3. The summed E-state index contributed by atoms with van der Waals surface area (Å²) in [4.78, 5) is 22.3. The highest BCUT2D eigenvalue weighted by Crippen LogP contribution is 2.43. The van der Waals surface area contributed by atoms with Gasteiger partial charge in [-0.05, 0) is 54.0 Å². The van der Waals surface area contributed by atoms with Crippen molar-refractivity contribution >= 4 is 28.7 Å². The molecule has 0 radical (unpaired) electrons. The molecule has 0 aliphatic heterocycles. The lowest BCUT2D eigenvalue weighted by Gasteiger charge is -2.39. The van der Waals surface area contributed by atoms with Gasteiger partial charge in [0.25, 0.3) is 16.6 Å². The molecule has 0 atom stereocenters. The zero-order valence-corrected chi connectivity index (χ0v) is 20.6. The number of carbonyl (C=O) groups excluding carboxylic acids is 2. The van der Waals surface area contributed by atoms with Crippen LogP contribution >= 0.6 is 0 Å². The van der Waals surface area contributed by atoms with Crippen molar-refractivity contribution < 1.29 is 18.4 Å². The molecule has 4 nitrogen and oxygen atoms in total. The number of hydrogen-bond donors (Lipinski definition) is 0. The van der Waals surface area contributed by atoms with Crippen molar-refractivity contribution in [2.75, 3.05) is 0 Å². The maximum atomic E-state index is 11.6. The van der Waals surface area contributed by atoms with Gasteiger partial charge in [-0.25, -0.2) is 0 Å². The molecule has 0 aromatic heterocycles. The topological polar surface area (TPSA) is 52.6 Å². The molecule has 27 heavy (non-hydrogen) atoms. The van der Waals surface area contributed by atoms with Crippen LogP contribution in [0.15, 0.2) is 18.2 Å². The molecule has 0 saturated heterocycles. The summed E-state index contributed by atoms with van der Waals surface area (Å²) in [7, 11) is -4.13. The largest absolute Gasteiger partial charge is 0.541 e. The maximum absolute atomic E-state index is 11.6. The van der Waals surface area contributed by atoms with E-state index in [1.807, 2.05) is 18.2 Å². The van der Waals surface area contributed by atoms with Crippen molar-refractivity contribution in [3.8, 4) is 11.5 Å². The van der Waals surface area contributed by atoms with E-state index in [0.717, 1.165) is 11.3 Å². The van der Waals surface area contributed by atoms with Gasteiger partial charge >= 0.3 is 0 Å². The van der Waals surface area contributed by atoms with E-state index in [0.29, 0.717) is 12.0 Å². The summed E-state index contributed by atoms with van der Waals surface area (Å²) >= 11 is 0. The van der Waals surface area contributed by atoms with Crippen LogP contribution in [0.4, 0.5) is 0 Å². The SMILES string of the molecule is CC(C)(C)[Si](C)(C)Oc1ccc(CC(=O)C=O)cc1O[Si](C)(C)C(C)(C)C. The third-order valence-electron chi connectivity index (χ3n) is 5.86. The fraction of sp³-hybridized carbons (Fsp3) is 0.619. The van der Waals surface area contributed by atoms with E-state index in [1.165, 1.54) is 0 Å². The van der Waals surface area contributed by atoms with Crippen LogP contribution in [0.25, 0.3) is 0 Å². The van der Waals surface area contributed by atoms with E-state index in [4.69, 9.17) is 8.85 Å². The number of hydrogen-bond acceptors (Lipinski definition) is 4. The lowest BCUT2D eigenvalue weighted by Crippen LogP contribution is -2.45. The Hall–Kier alpha value is -1.41. The van der Waals surface area contributed by atoms with E-state index in [9.17, 15) is 9.59 Å². The van der Waals surface area contributed by atoms with Crippen LogP contribution in [0.5, 0.6) is 11.5 Å². The van der Waals surface area contributed by atoms with Gasteiger partial charge in [0.05, 0.1) is 0 Å². The van der Waals surface area contributed by atoms with Crippen LogP contribution in [0.3, 0.4) is 0 Å². The second-order valence-electron chi connectivity index (χ2n) is 10.3. The van der Waals surface area contributed by atoms with Crippen LogP contribution in [-0.2, 0) is 16.0 Å². The van der Waals surface area contributed by atoms with E-state index in [1.54, 1.807) is 0 Å². The fourth-order valence-corrected chi connectivity index (χ4v) is 3.97. The molecule has 0 heterocycles. The molecule has 0 aliphatic carbocycles. The molecule has 0 amide bonds. The minimum Gasteiger partial charge on any atom is -0.541 e. The average Bonchev–Trinajstić information content (AvgIpc) is 2.47. The highest BCUT2D eigenvalue weighted by atomic mass is 28.4. The molecule has 0 saturated carbocycles. The summed E-state index contributed by atoms with van der Waals surface area (Å²) in [5.41, 5.74) is 0.767. The Bertz CT molecular complexity index is 695. The first-order chi connectivity index (χ1) is 12.0. The zero-order valence-electron chi connectivity index (χ0n) is 18.6. The monoisotopic (exact) mass is 408 g/mol. The normalized spacial score (nSPS) is 13.3. The van der Waals surface area contributed by atoms with Crippen molar-refractivity contribution in [1.29, 1.82) is 0 Å². The van der Waals surface area contributed by atoms with Gasteiger partial charge in [0.15, 0.2) is 12.1 Å². The first kappa shape index (κ1) is 23.6. The maximum Gasteiger partial charge on any atom is 0.250 e. The van der Waals surface area contributed by atoms with Crippen LogP contribution in [-0.4, -0.2) is 28.7 Å². The number of carbonyl (C=O) groups is 2. The van der Waals surface area contributed by atoms with E-state index in [-0.39, 0.29) is 16.5 Å². The summed E-state index contributed by atoms with van der Waals surface area (Å²) in [6.45, 7) is 21.9. The Labute approximate surface area is 166 Å². The van der Waals surface area contributed by atoms with Crippen molar-refractivity contribution in [3.05, 3.63) is 23.8 Å². The Morgan fingerprint density at radius 1 is 0.889 bits per heavy atom. The molecule has 1 rings (SSSR count). The van der Waals surface area contributed by atoms with Gasteiger partial charge in [0, 0.05) is 6.42 Å². The van der Waals surface area contributed by atoms with E-state index < -0.39 is 22.4 Å². The Morgan fingerprint density at radius 3 is 1.74 bits per heavy atom. The predicted octanol–water partition coefficient (Wildman–Crippen LogP) is 5.77. The number of Topliss-reactive ketones (excluding diaryl/α,β-unsaturated/α-hetero) is 1. The Balaban J connectivity index is 3.37. The molecule has 1 aromatic rings. The zero-order chi connectivity index (χ0) is 21.3. The molecule has 0 bridgehead atoms. The Kier molecular flexibility index (Phi) is 6.93. The second-order valence-corrected chi connectivity index (χ2v) is 19.7. The van der Waals surface area contributed by atoms with Crippen molar-refractivity contribution in [1.82, 2.24) is 0 Å². The summed E-state index contributed by atoms with van der Waals surface area (Å²) < 4.78 is 13.1. The van der Waals surface area contributed by atoms with Crippen LogP contribution in [0, 0.1) is 0 Å². The van der Waals surface area contributed by atoms with E-state index in [2.05, 4.69) is 67.7 Å². The minimum atomic E-state index is -2.09. The Morgan fingerprint density at radius 2 is 1.33 bits per heavy atom. The van der Waals surface area contributed by atoms with Crippen molar-refractivity contribution in [3.63, 3.8) is 0 Å². The fourth-order valence-electron chi connectivity index (χ4n) is 1.93. The molecule has 0 fully saturated rings. The summed E-state index contributed by atoms with van der Waals surface area (Å²) in [5, 5.41) is 0.100. The smallest absolute Gasteiger partial charge is 0.250 e. The van der Waals surface area contributed by atoms with Gasteiger partial charge < -0.3 is 8.85 Å². The van der Waals surface area contributed by atoms with Gasteiger partial charge in [-0.2, -0.15) is 0 Å². The molecular weight excluding hydrogens is 372 g/mol. The first-order valence-electron chi connectivity index (χ1n) is 9.49. The molecule has 0 N–H and O–H groups in total. The third-order valence-corrected chi connectivity index (χ3v) is 14.5. The number of ketones is 1. The standard InChI is InChI=1S/C21H36O4Si2/c1-20(2,3)26(7,8)24-18-12-11-16(13-17(23)15-22)14-19(18)25-27(9,10)21(4,5)6/h11-12,14-15H,13H2,1-10H3. The molecule has 1 aromatic carbocycles. The number of aldehydes is 1. The quantitative estimate of drug-likeness (QED) is 0.327. The van der Waals surface area contributed by atoms with Gasteiger partial charge in [0.1, 0.15) is 11.5 Å². The molecule has 152 valence electrons. The van der Waals surface area contributed by atoms with Crippen LogP contribution < -0.4 is 8.85 Å². The van der Waals surface area contributed by atoms with Gasteiger partial charge in [0.2, 0.25) is 0 Å². The number of benzene rings is 1. The average molecular weight is 409 g/mol. The summed E-state index contributed by atoms with van der Waals surface area (Å²) in [6.07, 6.45) is 0.451. The van der Waals surface area contributed by atoms with Gasteiger partial charge in [-0.1, -0.05) is 47.6 Å². The van der Waals surface area contributed by atoms with Crippen molar-refractivity contribution in [2.45, 2.75) is 84.2 Å². The van der Waals surface area contributed by atoms with Gasteiger partial charge in [-0.3, -0.25) is 9.59 Å². The molecule has 0 aliphatic rings. The van der Waals surface area contributed by atoms with Gasteiger partial charge in [-0.15, -0.1) is 0 Å². The summed E-state index contributed by atoms with van der Waals surface area (Å²) in [5.74, 6) is 0.975. The lowest BCUT2D eigenvalue weighted by molar-refractivity contribution is -0.129.